The number of hydrogen-bond acceptors (Lipinski definition) is 2. The highest BCUT2D eigenvalue weighted by molar-refractivity contribution is 5.96. The first-order valence-electron chi connectivity index (χ1n) is 6.53. The highest BCUT2D eigenvalue weighted by Gasteiger charge is 2.37. The summed E-state index contributed by atoms with van der Waals surface area (Å²) in [6.45, 7) is 4.64. The molecule has 1 fully saturated rings. The van der Waals surface area contributed by atoms with Gasteiger partial charge in [0.05, 0.1) is 5.56 Å². The summed E-state index contributed by atoms with van der Waals surface area (Å²) in [5.74, 6) is 5.35. The van der Waals surface area contributed by atoms with E-state index in [4.69, 9.17) is 5.11 Å². The van der Waals surface area contributed by atoms with E-state index < -0.39 is 0 Å². The number of rotatable bonds is 3. The number of aliphatic hydroxyl groups is 1. The molecule has 1 aromatic carbocycles. The second-order valence-corrected chi connectivity index (χ2v) is 5.50. The van der Waals surface area contributed by atoms with Crippen molar-refractivity contribution in [2.24, 2.45) is 5.41 Å². The summed E-state index contributed by atoms with van der Waals surface area (Å²) >= 11 is 0. The predicted molar refractivity (Wildman–Crippen MR) is 74.8 cm³/mol. The van der Waals surface area contributed by atoms with E-state index in [0.717, 1.165) is 5.56 Å². The normalized spacial score (nSPS) is 15.3. The lowest BCUT2D eigenvalue weighted by Gasteiger charge is -2.11. The van der Waals surface area contributed by atoms with Crippen molar-refractivity contribution in [1.29, 1.82) is 0 Å². The third-order valence-electron chi connectivity index (χ3n) is 3.50. The van der Waals surface area contributed by atoms with E-state index in [9.17, 15) is 4.79 Å². The molecule has 2 rings (SSSR count). The number of carbonyl (C=O) groups is 1. The average Bonchev–Trinajstić information content (AvgIpc) is 3.12. The predicted octanol–water partition coefficient (Wildman–Crippen LogP) is 1.87. The molecule has 0 spiro atoms. The SMILES string of the molecule is Cc1ccc(C(=O)NCC2(C)CC2)c(C#CCO)c1. The van der Waals surface area contributed by atoms with Crippen molar-refractivity contribution in [1.82, 2.24) is 5.32 Å². The molecule has 1 amide bonds. The summed E-state index contributed by atoms with van der Waals surface area (Å²) in [5.41, 5.74) is 2.59. The topological polar surface area (TPSA) is 49.3 Å². The summed E-state index contributed by atoms with van der Waals surface area (Å²) in [7, 11) is 0. The average molecular weight is 257 g/mol. The lowest BCUT2D eigenvalue weighted by atomic mass is 10.0. The van der Waals surface area contributed by atoms with Crippen LogP contribution in [0.4, 0.5) is 0 Å². The highest BCUT2D eigenvalue weighted by atomic mass is 16.2. The van der Waals surface area contributed by atoms with Gasteiger partial charge in [-0.15, -0.1) is 0 Å². The van der Waals surface area contributed by atoms with Gasteiger partial charge in [0, 0.05) is 12.1 Å². The first-order chi connectivity index (χ1) is 9.04. The van der Waals surface area contributed by atoms with Gasteiger partial charge in [0.1, 0.15) is 6.61 Å². The quantitative estimate of drug-likeness (QED) is 0.812. The lowest BCUT2D eigenvalue weighted by Crippen LogP contribution is -2.29. The molecule has 100 valence electrons. The van der Waals surface area contributed by atoms with Gasteiger partial charge in [-0.2, -0.15) is 0 Å². The minimum Gasteiger partial charge on any atom is -0.384 e. The van der Waals surface area contributed by atoms with Crippen molar-refractivity contribution in [3.05, 3.63) is 34.9 Å². The Kier molecular flexibility index (Phi) is 3.92. The van der Waals surface area contributed by atoms with Gasteiger partial charge in [-0.05, 0) is 42.9 Å². The summed E-state index contributed by atoms with van der Waals surface area (Å²) in [5, 5.41) is 11.7. The van der Waals surface area contributed by atoms with Crippen molar-refractivity contribution in [2.45, 2.75) is 26.7 Å². The Morgan fingerprint density at radius 1 is 1.47 bits per heavy atom. The van der Waals surface area contributed by atoms with Gasteiger partial charge in [-0.3, -0.25) is 4.79 Å². The second kappa shape index (κ2) is 5.46. The molecular weight excluding hydrogens is 238 g/mol. The Bertz CT molecular complexity index is 548. The Labute approximate surface area is 114 Å². The van der Waals surface area contributed by atoms with E-state index in [1.807, 2.05) is 19.1 Å². The van der Waals surface area contributed by atoms with Crippen molar-refractivity contribution >= 4 is 5.91 Å². The molecule has 0 heterocycles. The van der Waals surface area contributed by atoms with Gasteiger partial charge in [0.15, 0.2) is 0 Å². The lowest BCUT2D eigenvalue weighted by molar-refractivity contribution is 0.0946. The van der Waals surface area contributed by atoms with Gasteiger partial charge in [0.25, 0.3) is 5.91 Å². The molecule has 3 nitrogen and oxygen atoms in total. The van der Waals surface area contributed by atoms with Gasteiger partial charge in [0.2, 0.25) is 0 Å². The molecule has 0 atom stereocenters. The van der Waals surface area contributed by atoms with Crippen LogP contribution in [-0.4, -0.2) is 24.2 Å². The number of aliphatic hydroxyl groups excluding tert-OH is 1. The standard InChI is InChI=1S/C16H19NO2/c1-12-5-6-14(13(10-12)4-3-9-18)15(19)17-11-16(2)7-8-16/h5-6,10,18H,7-9,11H2,1-2H3,(H,17,19). The minimum atomic E-state index is -0.201. The van der Waals surface area contributed by atoms with E-state index >= 15 is 0 Å². The molecule has 1 aliphatic carbocycles. The van der Waals surface area contributed by atoms with Crippen molar-refractivity contribution in [3.8, 4) is 11.8 Å². The number of benzene rings is 1. The van der Waals surface area contributed by atoms with Crippen LogP contribution in [0.15, 0.2) is 18.2 Å². The summed E-state index contributed by atoms with van der Waals surface area (Å²) < 4.78 is 0. The number of amides is 1. The molecule has 0 unspecified atom stereocenters. The van der Waals surface area contributed by atoms with Crippen LogP contribution in [0.3, 0.4) is 0 Å². The molecule has 2 N–H and O–H groups in total. The number of nitrogens with one attached hydrogen (secondary N) is 1. The fourth-order valence-corrected chi connectivity index (χ4v) is 1.87. The smallest absolute Gasteiger partial charge is 0.252 e. The fourth-order valence-electron chi connectivity index (χ4n) is 1.87. The molecule has 19 heavy (non-hydrogen) atoms. The van der Waals surface area contributed by atoms with Gasteiger partial charge >= 0.3 is 0 Å². The molecular formula is C16H19NO2. The summed E-state index contributed by atoms with van der Waals surface area (Å²) in [6, 6.07) is 5.57. The largest absolute Gasteiger partial charge is 0.384 e. The maximum absolute atomic E-state index is 12.2. The third kappa shape index (κ3) is 3.59. The molecule has 3 heteroatoms. The van der Waals surface area contributed by atoms with Crippen LogP contribution < -0.4 is 5.32 Å². The molecule has 0 aromatic heterocycles. The molecule has 0 saturated heterocycles. The van der Waals surface area contributed by atoms with E-state index in [0.29, 0.717) is 17.7 Å². The third-order valence-corrected chi connectivity index (χ3v) is 3.50. The van der Waals surface area contributed by atoms with Gasteiger partial charge in [-0.25, -0.2) is 0 Å². The first kappa shape index (κ1) is 13.6. The molecule has 1 saturated carbocycles. The molecule has 0 bridgehead atoms. The van der Waals surface area contributed by atoms with E-state index in [-0.39, 0.29) is 17.9 Å². The highest BCUT2D eigenvalue weighted by Crippen LogP contribution is 2.44. The van der Waals surface area contributed by atoms with Gasteiger partial charge < -0.3 is 10.4 Å². The maximum Gasteiger partial charge on any atom is 0.252 e. The molecule has 1 aliphatic rings. The van der Waals surface area contributed by atoms with Crippen LogP contribution >= 0.6 is 0 Å². The van der Waals surface area contributed by atoms with Crippen LogP contribution in [0.5, 0.6) is 0 Å². The molecule has 0 aliphatic heterocycles. The second-order valence-electron chi connectivity index (χ2n) is 5.50. The van der Waals surface area contributed by atoms with Crippen LogP contribution in [0.2, 0.25) is 0 Å². The maximum atomic E-state index is 12.2. The molecule has 1 aromatic rings. The number of carbonyl (C=O) groups excluding carboxylic acids is 1. The van der Waals surface area contributed by atoms with Gasteiger partial charge in [-0.1, -0.05) is 24.8 Å². The fraction of sp³-hybridized carbons (Fsp3) is 0.438. The Morgan fingerprint density at radius 3 is 2.84 bits per heavy atom. The van der Waals surface area contributed by atoms with Crippen LogP contribution in [-0.2, 0) is 0 Å². The number of aryl methyl sites for hydroxylation is 1. The van der Waals surface area contributed by atoms with E-state index in [1.165, 1.54) is 12.8 Å². The van der Waals surface area contributed by atoms with Crippen molar-refractivity contribution < 1.29 is 9.90 Å². The Balaban J connectivity index is 2.15. The van der Waals surface area contributed by atoms with Crippen LogP contribution in [0.25, 0.3) is 0 Å². The monoisotopic (exact) mass is 257 g/mol. The van der Waals surface area contributed by atoms with E-state index in [2.05, 4.69) is 24.1 Å². The minimum absolute atomic E-state index is 0.0876. The first-order valence-corrected chi connectivity index (χ1v) is 6.53. The zero-order valence-electron chi connectivity index (χ0n) is 11.4. The summed E-state index contributed by atoms with van der Waals surface area (Å²) in [4.78, 5) is 12.2. The zero-order chi connectivity index (χ0) is 13.9. The van der Waals surface area contributed by atoms with Crippen LogP contribution in [0, 0.1) is 24.2 Å². The van der Waals surface area contributed by atoms with Crippen LogP contribution in [0.1, 0.15) is 41.3 Å². The Morgan fingerprint density at radius 2 is 2.21 bits per heavy atom. The van der Waals surface area contributed by atoms with E-state index in [1.54, 1.807) is 6.07 Å². The molecule has 0 radical (unpaired) electrons. The van der Waals surface area contributed by atoms with Crippen molar-refractivity contribution in [2.75, 3.05) is 13.2 Å². The zero-order valence-corrected chi connectivity index (χ0v) is 11.4. The Hall–Kier alpha value is -1.79. The van der Waals surface area contributed by atoms with Crippen molar-refractivity contribution in [3.63, 3.8) is 0 Å². The summed E-state index contributed by atoms with van der Waals surface area (Å²) in [6.07, 6.45) is 2.36. The number of hydrogen-bond donors (Lipinski definition) is 2.